The van der Waals surface area contributed by atoms with Crippen molar-refractivity contribution in [3.63, 3.8) is 0 Å². The van der Waals surface area contributed by atoms with Gasteiger partial charge in [-0.1, -0.05) is 12.1 Å². The van der Waals surface area contributed by atoms with Gasteiger partial charge in [-0.05, 0) is 18.6 Å². The number of rotatable bonds is 5. The van der Waals surface area contributed by atoms with Crippen LogP contribution in [0.3, 0.4) is 0 Å². The number of aliphatic hydroxyl groups is 1. The van der Waals surface area contributed by atoms with Crippen LogP contribution in [0, 0.1) is 10.7 Å². The average Bonchev–Trinajstić information content (AvgIpc) is 2.29. The van der Waals surface area contributed by atoms with E-state index in [1.165, 1.54) is 12.1 Å². The van der Waals surface area contributed by atoms with E-state index < -0.39 is 11.7 Å². The SMILES string of the molecule is CCOCc1ccc(CC(O)=[N+]=O)c(F)c1. The van der Waals surface area contributed by atoms with E-state index in [9.17, 15) is 9.30 Å². The molecule has 0 saturated heterocycles. The highest BCUT2D eigenvalue weighted by molar-refractivity contribution is 5.74. The lowest BCUT2D eigenvalue weighted by molar-refractivity contribution is 0.134. The fraction of sp³-hybridized carbons (Fsp3) is 0.364. The maximum atomic E-state index is 13.5. The van der Waals surface area contributed by atoms with Crippen molar-refractivity contribution in [3.8, 4) is 0 Å². The third kappa shape index (κ3) is 3.46. The van der Waals surface area contributed by atoms with Crippen LogP contribution >= 0.6 is 0 Å². The lowest BCUT2D eigenvalue weighted by Gasteiger charge is -2.03. The van der Waals surface area contributed by atoms with Crippen LogP contribution < -0.4 is 4.85 Å². The van der Waals surface area contributed by atoms with E-state index in [1.807, 2.05) is 6.92 Å². The van der Waals surface area contributed by atoms with Gasteiger partial charge in [0.1, 0.15) is 12.2 Å². The van der Waals surface area contributed by atoms with Crippen LogP contribution in [-0.4, -0.2) is 17.6 Å². The number of hydrogen-bond donors (Lipinski definition) is 1. The molecule has 5 heteroatoms. The normalized spacial score (nSPS) is 9.88. The van der Waals surface area contributed by atoms with Gasteiger partial charge in [0.2, 0.25) is 0 Å². The van der Waals surface area contributed by atoms with E-state index in [-0.39, 0.29) is 12.0 Å². The van der Waals surface area contributed by atoms with Crippen LogP contribution in [0.5, 0.6) is 0 Å². The summed E-state index contributed by atoms with van der Waals surface area (Å²) in [5, 5.41) is 8.89. The molecule has 0 amide bonds. The van der Waals surface area contributed by atoms with Crippen LogP contribution in [0.15, 0.2) is 18.2 Å². The summed E-state index contributed by atoms with van der Waals surface area (Å²) in [4.78, 5) is 12.3. The molecule has 0 saturated carbocycles. The number of ether oxygens (including phenoxy) is 1. The first-order valence-electron chi connectivity index (χ1n) is 4.90. The summed E-state index contributed by atoms with van der Waals surface area (Å²) in [6, 6.07) is 4.51. The van der Waals surface area contributed by atoms with Gasteiger partial charge in [0, 0.05) is 12.2 Å². The molecule has 0 aliphatic carbocycles. The lowest BCUT2D eigenvalue weighted by Crippen LogP contribution is -2.06. The van der Waals surface area contributed by atoms with Crippen molar-refractivity contribution in [2.45, 2.75) is 20.0 Å². The maximum Gasteiger partial charge on any atom is 0.534 e. The second kappa shape index (κ2) is 6.00. The van der Waals surface area contributed by atoms with E-state index in [0.717, 1.165) is 0 Å². The molecule has 0 fully saturated rings. The Hall–Kier alpha value is -1.71. The minimum absolute atomic E-state index is 0.190. The highest BCUT2D eigenvalue weighted by Crippen LogP contribution is 2.12. The molecular weight excluding hydrogens is 213 g/mol. The van der Waals surface area contributed by atoms with Crippen molar-refractivity contribution >= 4 is 5.90 Å². The van der Waals surface area contributed by atoms with Crippen LogP contribution in [0.2, 0.25) is 0 Å². The van der Waals surface area contributed by atoms with Crippen LogP contribution in [-0.2, 0) is 17.8 Å². The van der Waals surface area contributed by atoms with E-state index in [2.05, 4.69) is 4.85 Å². The molecular formula is C11H13FNO3+. The summed E-state index contributed by atoms with van der Waals surface area (Å²) in [5.74, 6) is -1.11. The predicted molar refractivity (Wildman–Crippen MR) is 58.6 cm³/mol. The highest BCUT2D eigenvalue weighted by atomic mass is 19.1. The second-order valence-corrected chi connectivity index (χ2v) is 3.25. The predicted octanol–water partition coefficient (Wildman–Crippen LogP) is 1.69. The molecule has 16 heavy (non-hydrogen) atoms. The zero-order valence-corrected chi connectivity index (χ0v) is 8.94. The van der Waals surface area contributed by atoms with Crippen LogP contribution in [0.1, 0.15) is 18.1 Å². The van der Waals surface area contributed by atoms with Crippen molar-refractivity contribution in [2.75, 3.05) is 6.61 Å². The summed E-state index contributed by atoms with van der Waals surface area (Å²) in [7, 11) is 0. The molecule has 0 bridgehead atoms. The minimum atomic E-state index is -0.628. The van der Waals surface area contributed by atoms with Gasteiger partial charge >= 0.3 is 5.90 Å². The molecule has 4 nitrogen and oxygen atoms in total. The molecule has 0 spiro atoms. The number of nitroso groups, excluding NO2 is 1. The number of nitrogens with zero attached hydrogens (tertiary/aromatic N) is 1. The van der Waals surface area contributed by atoms with Gasteiger partial charge in [-0.3, -0.25) is 0 Å². The summed E-state index contributed by atoms with van der Waals surface area (Å²) in [6.07, 6.45) is -0.190. The minimum Gasteiger partial charge on any atom is -0.446 e. The first-order chi connectivity index (χ1) is 7.67. The van der Waals surface area contributed by atoms with Crippen molar-refractivity contribution in [1.29, 1.82) is 0 Å². The Bertz CT molecular complexity index is 414. The van der Waals surface area contributed by atoms with E-state index in [4.69, 9.17) is 9.84 Å². The van der Waals surface area contributed by atoms with E-state index in [0.29, 0.717) is 18.8 Å². The Morgan fingerprint density at radius 1 is 1.56 bits per heavy atom. The Kier molecular flexibility index (Phi) is 4.64. The summed E-state index contributed by atoms with van der Waals surface area (Å²) >= 11 is 0. The van der Waals surface area contributed by atoms with Crippen molar-refractivity contribution < 1.29 is 14.2 Å². The van der Waals surface area contributed by atoms with Crippen LogP contribution in [0.25, 0.3) is 0 Å². The molecule has 0 aliphatic rings. The molecule has 0 radical (unpaired) electrons. The topological polar surface area (TPSA) is 60.6 Å². The molecule has 0 aromatic heterocycles. The van der Waals surface area contributed by atoms with E-state index in [1.54, 1.807) is 6.07 Å². The first-order valence-corrected chi connectivity index (χ1v) is 4.90. The van der Waals surface area contributed by atoms with Gasteiger partial charge < -0.3 is 9.84 Å². The van der Waals surface area contributed by atoms with E-state index >= 15 is 0 Å². The molecule has 1 rings (SSSR count). The highest BCUT2D eigenvalue weighted by Gasteiger charge is 2.14. The zero-order valence-electron chi connectivity index (χ0n) is 8.94. The van der Waals surface area contributed by atoms with Gasteiger partial charge in [0.05, 0.1) is 6.61 Å². The lowest BCUT2D eigenvalue weighted by atomic mass is 10.1. The van der Waals surface area contributed by atoms with Crippen molar-refractivity contribution in [2.24, 2.45) is 0 Å². The van der Waals surface area contributed by atoms with Gasteiger partial charge in [-0.15, -0.1) is 0 Å². The summed E-state index contributed by atoms with van der Waals surface area (Å²) in [5.41, 5.74) is 0.944. The Morgan fingerprint density at radius 2 is 2.31 bits per heavy atom. The Morgan fingerprint density at radius 3 is 2.88 bits per heavy atom. The number of benzene rings is 1. The molecule has 1 aromatic carbocycles. The molecule has 1 aromatic rings. The Labute approximate surface area is 92.4 Å². The fourth-order valence-corrected chi connectivity index (χ4v) is 1.25. The average molecular weight is 226 g/mol. The quantitative estimate of drug-likeness (QED) is 0.472. The van der Waals surface area contributed by atoms with Crippen molar-refractivity contribution in [3.05, 3.63) is 40.1 Å². The van der Waals surface area contributed by atoms with Gasteiger partial charge in [-0.25, -0.2) is 4.39 Å². The third-order valence-electron chi connectivity index (χ3n) is 2.04. The molecule has 0 atom stereocenters. The molecule has 1 N–H and O–H groups in total. The monoisotopic (exact) mass is 226 g/mol. The molecule has 0 aliphatic heterocycles. The number of aliphatic hydroxyl groups excluding tert-OH is 1. The van der Waals surface area contributed by atoms with Crippen molar-refractivity contribution in [1.82, 2.24) is 4.85 Å². The smallest absolute Gasteiger partial charge is 0.446 e. The standard InChI is InChI=1S/C11H12FNO3/c1-2-16-7-8-3-4-9(10(12)5-8)6-11(14)13-15/h3-5H,2,6-7H2,1H3/p+1. The Balaban J connectivity index is 2.79. The zero-order chi connectivity index (χ0) is 12.0. The van der Waals surface area contributed by atoms with Gasteiger partial charge in [0.25, 0.3) is 4.85 Å². The molecule has 0 unspecified atom stereocenters. The van der Waals surface area contributed by atoms with Gasteiger partial charge in [-0.2, -0.15) is 0 Å². The van der Waals surface area contributed by atoms with Gasteiger partial charge in [0.15, 0.2) is 4.91 Å². The first kappa shape index (κ1) is 12.4. The number of hydrogen-bond acceptors (Lipinski definition) is 2. The fourth-order valence-electron chi connectivity index (χ4n) is 1.25. The maximum absolute atomic E-state index is 13.5. The molecule has 86 valence electrons. The molecule has 0 heterocycles. The largest absolute Gasteiger partial charge is 0.534 e. The third-order valence-corrected chi connectivity index (χ3v) is 2.04. The second-order valence-electron chi connectivity index (χ2n) is 3.25. The number of halogens is 1. The summed E-state index contributed by atoms with van der Waals surface area (Å²) in [6.45, 7) is 2.76. The van der Waals surface area contributed by atoms with Crippen LogP contribution in [0.4, 0.5) is 4.39 Å². The summed E-state index contributed by atoms with van der Waals surface area (Å²) < 4.78 is 18.6.